The SMILES string of the molecule is CCCCCCCCC/C=C/CC/C=C/C(O)C(COC1OC(CO)C(O)C(O)C1O)NC(=O)CCCCCCCCCCCCCCCCCCC/C=C\C/C=C\CCCCCCCCCCCCCCCCCOC(=O)CCCCCCCCCCCCCCC. The van der Waals surface area contributed by atoms with Crippen LogP contribution in [0.25, 0.3) is 0 Å². The summed E-state index contributed by atoms with van der Waals surface area (Å²) in [5.74, 6) is -0.171. The number of nitrogens with one attached hydrogen (secondary N) is 1. The smallest absolute Gasteiger partial charge is 0.305 e. The second kappa shape index (κ2) is 70.9. The second-order valence-electron chi connectivity index (χ2n) is 28.1. The Morgan fingerprint density at radius 1 is 0.398 bits per heavy atom. The van der Waals surface area contributed by atoms with E-state index >= 15 is 0 Å². The van der Waals surface area contributed by atoms with Gasteiger partial charge in [0, 0.05) is 12.8 Å². The Bertz CT molecular complexity index is 1690. The highest BCUT2D eigenvalue weighted by Gasteiger charge is 2.44. The van der Waals surface area contributed by atoms with Gasteiger partial charge in [-0.15, -0.1) is 0 Å². The number of aliphatic hydroxyl groups is 5. The molecule has 6 N–H and O–H groups in total. The minimum atomic E-state index is -1.58. The summed E-state index contributed by atoms with van der Waals surface area (Å²) < 4.78 is 16.8. The van der Waals surface area contributed by atoms with Crippen LogP contribution in [0.5, 0.6) is 0 Å². The van der Waals surface area contributed by atoms with Gasteiger partial charge in [0.05, 0.1) is 32.0 Å². The number of hydrogen-bond acceptors (Lipinski definition) is 10. The van der Waals surface area contributed by atoms with Crippen molar-refractivity contribution in [3.8, 4) is 0 Å². The van der Waals surface area contributed by atoms with E-state index in [0.717, 1.165) is 57.8 Å². The first-order chi connectivity index (χ1) is 45.7. The van der Waals surface area contributed by atoms with Gasteiger partial charge in [-0.25, -0.2) is 0 Å². The van der Waals surface area contributed by atoms with Crippen LogP contribution in [0, 0.1) is 0 Å². The third-order valence-electron chi connectivity index (χ3n) is 19.2. The van der Waals surface area contributed by atoms with E-state index in [0.29, 0.717) is 19.4 Å². The van der Waals surface area contributed by atoms with E-state index < -0.39 is 49.5 Å². The minimum Gasteiger partial charge on any atom is -0.466 e. The molecule has 1 heterocycles. The Labute approximate surface area is 574 Å². The van der Waals surface area contributed by atoms with E-state index in [-0.39, 0.29) is 18.5 Å². The lowest BCUT2D eigenvalue weighted by atomic mass is 9.99. The van der Waals surface area contributed by atoms with E-state index in [1.165, 1.54) is 315 Å². The van der Waals surface area contributed by atoms with Crippen molar-refractivity contribution in [2.45, 2.75) is 442 Å². The normalized spacial score (nSPS) is 17.7. The van der Waals surface area contributed by atoms with Crippen LogP contribution in [0.4, 0.5) is 0 Å². The third kappa shape index (κ3) is 59.4. The van der Waals surface area contributed by atoms with E-state index in [1.54, 1.807) is 6.08 Å². The lowest BCUT2D eigenvalue weighted by Gasteiger charge is -2.40. The molecule has 1 aliphatic heterocycles. The highest BCUT2D eigenvalue weighted by molar-refractivity contribution is 5.76. The van der Waals surface area contributed by atoms with Crippen molar-refractivity contribution in [2.75, 3.05) is 19.8 Å². The average molecular weight is 1310 g/mol. The first-order valence-corrected chi connectivity index (χ1v) is 40.4. The van der Waals surface area contributed by atoms with Gasteiger partial charge in [-0.1, -0.05) is 358 Å². The third-order valence-corrected chi connectivity index (χ3v) is 19.2. The number of amides is 1. The topological polar surface area (TPSA) is 175 Å². The fourth-order valence-corrected chi connectivity index (χ4v) is 12.8. The molecule has 1 saturated heterocycles. The second-order valence-corrected chi connectivity index (χ2v) is 28.1. The molecule has 0 radical (unpaired) electrons. The van der Waals surface area contributed by atoms with Gasteiger partial charge in [0.15, 0.2) is 6.29 Å². The quantitative estimate of drug-likeness (QED) is 0.0195. The molecule has 7 atom stereocenters. The first-order valence-electron chi connectivity index (χ1n) is 40.4. The van der Waals surface area contributed by atoms with Crippen LogP contribution >= 0.6 is 0 Å². The van der Waals surface area contributed by atoms with Gasteiger partial charge in [-0.05, 0) is 77.0 Å². The average Bonchev–Trinajstić information content (AvgIpc) is 1.02. The zero-order valence-corrected chi connectivity index (χ0v) is 61.0. The minimum absolute atomic E-state index is 0.0164. The van der Waals surface area contributed by atoms with Gasteiger partial charge < -0.3 is 45.1 Å². The monoisotopic (exact) mass is 1310 g/mol. The van der Waals surface area contributed by atoms with Crippen LogP contribution < -0.4 is 5.32 Å². The number of esters is 1. The fourth-order valence-electron chi connectivity index (χ4n) is 12.8. The standard InChI is InChI=1S/C82H153NO10/c1-3-5-7-9-11-13-15-44-48-52-56-60-64-68-75(85)74(73-92-82-81(90)80(89)79(88)76(72-84)93-82)83-77(86)69-65-61-57-53-49-46-42-40-38-36-34-32-30-28-26-24-22-20-18-17-19-21-23-25-27-29-31-33-35-37-39-41-43-47-51-55-59-63-67-71-91-78(87)70-66-62-58-54-50-45-16-14-12-10-8-6-4-2/h17-18,21,23,48,52,64,68,74-76,79-82,84-85,88-90H,3-16,19-20,22,24-47,49-51,53-63,65-67,69-73H2,1-2H3,(H,83,86)/b18-17-,23-21-,52-48+,68-64+. The van der Waals surface area contributed by atoms with Crippen molar-refractivity contribution in [3.63, 3.8) is 0 Å². The molecule has 1 fully saturated rings. The van der Waals surface area contributed by atoms with Crippen molar-refractivity contribution in [3.05, 3.63) is 48.6 Å². The number of rotatable bonds is 72. The van der Waals surface area contributed by atoms with E-state index in [1.807, 2.05) is 6.08 Å². The summed E-state index contributed by atoms with van der Waals surface area (Å²) in [7, 11) is 0. The molecule has 11 heteroatoms. The summed E-state index contributed by atoms with van der Waals surface area (Å²) in [6.07, 6.45) is 84.4. The maximum atomic E-state index is 13.1. The Morgan fingerprint density at radius 2 is 0.731 bits per heavy atom. The highest BCUT2D eigenvalue weighted by Crippen LogP contribution is 2.24. The lowest BCUT2D eigenvalue weighted by molar-refractivity contribution is -0.302. The number of carbonyl (C=O) groups is 2. The Kier molecular flexibility index (Phi) is 67.6. The van der Waals surface area contributed by atoms with Crippen LogP contribution in [-0.4, -0.2) is 100 Å². The van der Waals surface area contributed by atoms with Crippen molar-refractivity contribution >= 4 is 11.9 Å². The number of unbranched alkanes of at least 4 members (excludes halogenated alkanes) is 52. The molecule has 1 rings (SSSR count). The molecule has 93 heavy (non-hydrogen) atoms. The van der Waals surface area contributed by atoms with Crippen LogP contribution in [0.3, 0.4) is 0 Å². The molecule has 0 aromatic heterocycles. The molecule has 546 valence electrons. The van der Waals surface area contributed by atoms with E-state index in [2.05, 4.69) is 55.6 Å². The first kappa shape index (κ1) is 88.6. The van der Waals surface area contributed by atoms with Crippen molar-refractivity contribution < 1.29 is 49.3 Å². The predicted molar refractivity (Wildman–Crippen MR) is 394 cm³/mol. The van der Waals surface area contributed by atoms with Crippen molar-refractivity contribution in [1.29, 1.82) is 0 Å². The van der Waals surface area contributed by atoms with E-state index in [4.69, 9.17) is 14.2 Å². The van der Waals surface area contributed by atoms with Crippen LogP contribution in [0.15, 0.2) is 48.6 Å². The summed E-state index contributed by atoms with van der Waals surface area (Å²) in [6, 6.07) is -0.826. The number of aliphatic hydroxyl groups excluding tert-OH is 5. The summed E-state index contributed by atoms with van der Waals surface area (Å²) in [6.45, 7) is 4.37. The van der Waals surface area contributed by atoms with Crippen LogP contribution in [-0.2, 0) is 23.8 Å². The van der Waals surface area contributed by atoms with Gasteiger partial charge in [0.2, 0.25) is 5.91 Å². The maximum absolute atomic E-state index is 13.1. The number of hydrogen-bond donors (Lipinski definition) is 6. The summed E-state index contributed by atoms with van der Waals surface area (Å²) in [5.41, 5.74) is 0. The Balaban J connectivity index is 1.91. The van der Waals surface area contributed by atoms with Crippen molar-refractivity contribution in [1.82, 2.24) is 5.32 Å². The molecular weight excluding hydrogens is 1160 g/mol. The highest BCUT2D eigenvalue weighted by atomic mass is 16.7. The fraction of sp³-hybridized carbons (Fsp3) is 0.878. The molecule has 1 aliphatic rings. The summed E-state index contributed by atoms with van der Waals surface area (Å²) in [4.78, 5) is 25.1. The largest absolute Gasteiger partial charge is 0.466 e. The van der Waals surface area contributed by atoms with Crippen molar-refractivity contribution in [2.24, 2.45) is 0 Å². The molecular formula is C82H153NO10. The molecule has 0 aromatic rings. The molecule has 0 saturated carbocycles. The zero-order valence-electron chi connectivity index (χ0n) is 61.0. The molecule has 1 amide bonds. The van der Waals surface area contributed by atoms with Gasteiger partial charge in [-0.3, -0.25) is 9.59 Å². The Morgan fingerprint density at radius 3 is 1.13 bits per heavy atom. The van der Waals surface area contributed by atoms with E-state index in [9.17, 15) is 35.1 Å². The van der Waals surface area contributed by atoms with Crippen LogP contribution in [0.2, 0.25) is 0 Å². The number of ether oxygens (including phenoxy) is 3. The molecule has 11 nitrogen and oxygen atoms in total. The Hall–Kier alpha value is -2.38. The molecule has 0 spiro atoms. The lowest BCUT2D eigenvalue weighted by Crippen LogP contribution is -2.60. The molecule has 0 aromatic carbocycles. The molecule has 7 unspecified atom stereocenters. The van der Waals surface area contributed by atoms with Gasteiger partial charge in [0.25, 0.3) is 0 Å². The summed E-state index contributed by atoms with van der Waals surface area (Å²) in [5, 5.41) is 54.5. The van der Waals surface area contributed by atoms with Crippen LogP contribution in [0.1, 0.15) is 399 Å². The predicted octanol–water partition coefficient (Wildman–Crippen LogP) is 21.9. The number of allylic oxidation sites excluding steroid dienone is 7. The number of carbonyl (C=O) groups excluding carboxylic acids is 2. The zero-order chi connectivity index (χ0) is 67.2. The molecule has 0 aliphatic carbocycles. The molecule has 0 bridgehead atoms. The maximum Gasteiger partial charge on any atom is 0.305 e. The summed E-state index contributed by atoms with van der Waals surface area (Å²) >= 11 is 0. The van der Waals surface area contributed by atoms with Gasteiger partial charge >= 0.3 is 5.97 Å². The van der Waals surface area contributed by atoms with Gasteiger partial charge in [-0.2, -0.15) is 0 Å². The van der Waals surface area contributed by atoms with Gasteiger partial charge in [0.1, 0.15) is 24.4 Å².